The molecule has 1 heterocycles. The highest BCUT2D eigenvalue weighted by Gasteiger charge is 2.41. The molecule has 0 radical (unpaired) electrons. The van der Waals surface area contributed by atoms with Gasteiger partial charge >= 0.3 is 0 Å². The van der Waals surface area contributed by atoms with Crippen LogP contribution in [0.1, 0.15) is 57.6 Å². The summed E-state index contributed by atoms with van der Waals surface area (Å²) in [5, 5.41) is 3.48. The number of benzene rings is 1. The second-order valence-corrected chi connectivity index (χ2v) is 6.70. The van der Waals surface area contributed by atoms with Crippen molar-refractivity contribution >= 4 is 5.91 Å². The molecule has 114 valence electrons. The highest BCUT2D eigenvalue weighted by molar-refractivity contribution is 5.86. The number of amides is 1. The minimum Gasteiger partial charge on any atom is -0.323 e. The number of carbonyl (C=O) groups is 1. The zero-order valence-electron chi connectivity index (χ0n) is 13.1. The van der Waals surface area contributed by atoms with Gasteiger partial charge in [0.2, 0.25) is 5.91 Å². The third-order valence-corrected chi connectivity index (χ3v) is 5.08. The van der Waals surface area contributed by atoms with Crippen molar-refractivity contribution in [3.63, 3.8) is 0 Å². The van der Waals surface area contributed by atoms with Crippen LogP contribution in [0.2, 0.25) is 0 Å². The van der Waals surface area contributed by atoms with Crippen molar-refractivity contribution in [1.82, 2.24) is 10.2 Å². The van der Waals surface area contributed by atoms with Crippen molar-refractivity contribution in [3.05, 3.63) is 35.9 Å². The third kappa shape index (κ3) is 2.98. The van der Waals surface area contributed by atoms with Crippen LogP contribution >= 0.6 is 0 Å². The monoisotopic (exact) mass is 286 g/mol. The summed E-state index contributed by atoms with van der Waals surface area (Å²) >= 11 is 0. The van der Waals surface area contributed by atoms with E-state index < -0.39 is 0 Å². The Balaban J connectivity index is 1.76. The molecule has 1 aliphatic heterocycles. The zero-order valence-corrected chi connectivity index (χ0v) is 13.1. The summed E-state index contributed by atoms with van der Waals surface area (Å²) in [6, 6.07) is 10.3. The summed E-state index contributed by atoms with van der Waals surface area (Å²) in [6.07, 6.45) is 6.25. The Morgan fingerprint density at radius 2 is 1.81 bits per heavy atom. The normalized spacial score (nSPS) is 34.0. The maximum absolute atomic E-state index is 12.9. The molecule has 4 atom stereocenters. The Kier molecular flexibility index (Phi) is 4.29. The van der Waals surface area contributed by atoms with Crippen molar-refractivity contribution in [2.24, 2.45) is 5.92 Å². The Morgan fingerprint density at radius 1 is 1.05 bits per heavy atom. The van der Waals surface area contributed by atoms with Crippen molar-refractivity contribution in [1.29, 1.82) is 0 Å². The van der Waals surface area contributed by atoms with Gasteiger partial charge in [-0.15, -0.1) is 0 Å². The quantitative estimate of drug-likeness (QED) is 0.844. The summed E-state index contributed by atoms with van der Waals surface area (Å²) in [4.78, 5) is 15.0. The van der Waals surface area contributed by atoms with Crippen LogP contribution in [-0.2, 0) is 4.79 Å². The van der Waals surface area contributed by atoms with Crippen LogP contribution in [0.25, 0.3) is 0 Å². The van der Waals surface area contributed by atoms with E-state index in [9.17, 15) is 4.79 Å². The second-order valence-electron chi connectivity index (χ2n) is 6.70. The summed E-state index contributed by atoms with van der Waals surface area (Å²) in [7, 11) is 0. The molecule has 1 saturated carbocycles. The van der Waals surface area contributed by atoms with Crippen molar-refractivity contribution in [3.8, 4) is 0 Å². The zero-order chi connectivity index (χ0) is 14.8. The van der Waals surface area contributed by atoms with Gasteiger partial charge in [0.15, 0.2) is 0 Å². The lowest BCUT2D eigenvalue weighted by Crippen LogP contribution is -2.42. The highest BCUT2D eigenvalue weighted by atomic mass is 16.2. The van der Waals surface area contributed by atoms with Gasteiger partial charge in [-0.25, -0.2) is 0 Å². The van der Waals surface area contributed by atoms with E-state index >= 15 is 0 Å². The van der Waals surface area contributed by atoms with Gasteiger partial charge in [-0.1, -0.05) is 50.1 Å². The van der Waals surface area contributed by atoms with E-state index in [0.29, 0.717) is 6.04 Å². The van der Waals surface area contributed by atoms with Gasteiger partial charge in [0.25, 0.3) is 0 Å². The summed E-state index contributed by atoms with van der Waals surface area (Å²) < 4.78 is 0. The molecule has 1 saturated heterocycles. The van der Waals surface area contributed by atoms with E-state index in [4.69, 9.17) is 0 Å². The van der Waals surface area contributed by atoms with Gasteiger partial charge in [-0.05, 0) is 37.7 Å². The Labute approximate surface area is 127 Å². The summed E-state index contributed by atoms with van der Waals surface area (Å²) in [6.45, 7) is 4.46. The SMILES string of the molecule is CC1CCCC(N2C(=O)C(c3ccccc3)NC2C)CC1. The van der Waals surface area contributed by atoms with Crippen molar-refractivity contribution in [2.45, 2.75) is 64.2 Å². The van der Waals surface area contributed by atoms with E-state index in [-0.39, 0.29) is 18.1 Å². The molecule has 1 aromatic rings. The third-order valence-electron chi connectivity index (χ3n) is 5.08. The van der Waals surface area contributed by atoms with Gasteiger partial charge in [-0.3, -0.25) is 10.1 Å². The van der Waals surface area contributed by atoms with Crippen LogP contribution in [0.15, 0.2) is 30.3 Å². The molecular formula is C18H26N2O. The van der Waals surface area contributed by atoms with Gasteiger partial charge in [0.05, 0.1) is 6.17 Å². The number of rotatable bonds is 2. The smallest absolute Gasteiger partial charge is 0.245 e. The molecule has 21 heavy (non-hydrogen) atoms. The fraction of sp³-hybridized carbons (Fsp3) is 0.611. The van der Waals surface area contributed by atoms with Crippen LogP contribution in [0.5, 0.6) is 0 Å². The first-order chi connectivity index (χ1) is 10.2. The predicted molar refractivity (Wildman–Crippen MR) is 84.7 cm³/mol. The van der Waals surface area contributed by atoms with Crippen molar-refractivity contribution in [2.75, 3.05) is 0 Å². The van der Waals surface area contributed by atoms with Crippen LogP contribution in [0.4, 0.5) is 0 Å². The van der Waals surface area contributed by atoms with Crippen LogP contribution in [0, 0.1) is 5.92 Å². The second kappa shape index (κ2) is 6.18. The van der Waals surface area contributed by atoms with E-state index in [1.807, 2.05) is 30.3 Å². The Morgan fingerprint density at radius 3 is 2.57 bits per heavy atom. The molecule has 0 aromatic heterocycles. The molecule has 1 amide bonds. The molecule has 1 N–H and O–H groups in total. The lowest BCUT2D eigenvalue weighted by Gasteiger charge is -2.30. The van der Waals surface area contributed by atoms with Crippen LogP contribution in [0.3, 0.4) is 0 Å². The molecule has 1 aromatic carbocycles. The first-order valence-corrected chi connectivity index (χ1v) is 8.30. The topological polar surface area (TPSA) is 32.3 Å². The lowest BCUT2D eigenvalue weighted by molar-refractivity contribution is -0.132. The van der Waals surface area contributed by atoms with Gasteiger partial charge in [0, 0.05) is 6.04 Å². The lowest BCUT2D eigenvalue weighted by atomic mass is 10.0. The van der Waals surface area contributed by atoms with Crippen LogP contribution in [-0.4, -0.2) is 23.0 Å². The fourth-order valence-corrected chi connectivity index (χ4v) is 3.86. The van der Waals surface area contributed by atoms with Crippen LogP contribution < -0.4 is 5.32 Å². The summed E-state index contributed by atoms with van der Waals surface area (Å²) in [5.74, 6) is 1.06. The average molecular weight is 286 g/mol. The molecule has 0 spiro atoms. The molecule has 3 nitrogen and oxygen atoms in total. The fourth-order valence-electron chi connectivity index (χ4n) is 3.86. The first-order valence-electron chi connectivity index (χ1n) is 8.30. The molecule has 2 fully saturated rings. The number of nitrogens with zero attached hydrogens (tertiary/aromatic N) is 1. The van der Waals surface area contributed by atoms with E-state index in [2.05, 4.69) is 24.1 Å². The average Bonchev–Trinajstić information content (AvgIpc) is 2.65. The molecule has 1 aliphatic carbocycles. The first kappa shape index (κ1) is 14.6. The standard InChI is InChI=1S/C18H26N2O/c1-13-7-6-10-16(12-11-13)20-14(2)19-17(18(20)21)15-8-4-3-5-9-15/h3-5,8-9,13-14,16-17,19H,6-7,10-12H2,1-2H3. The molecule has 2 aliphatic rings. The van der Waals surface area contributed by atoms with Gasteiger partial charge in [-0.2, -0.15) is 0 Å². The number of hydrogen-bond donors (Lipinski definition) is 1. The molecule has 0 bridgehead atoms. The van der Waals surface area contributed by atoms with E-state index in [0.717, 1.165) is 24.3 Å². The molecule has 3 rings (SSSR count). The maximum atomic E-state index is 12.9. The minimum absolute atomic E-state index is 0.140. The highest BCUT2D eigenvalue weighted by Crippen LogP contribution is 2.32. The predicted octanol–water partition coefficient (Wildman–Crippen LogP) is 3.47. The van der Waals surface area contributed by atoms with E-state index in [1.54, 1.807) is 0 Å². The molecular weight excluding hydrogens is 260 g/mol. The minimum atomic E-state index is -0.165. The number of carbonyl (C=O) groups excluding carboxylic acids is 1. The molecule has 4 unspecified atom stereocenters. The Bertz CT molecular complexity index is 487. The maximum Gasteiger partial charge on any atom is 0.245 e. The van der Waals surface area contributed by atoms with Crippen molar-refractivity contribution < 1.29 is 4.79 Å². The molecule has 3 heteroatoms. The largest absolute Gasteiger partial charge is 0.323 e. The van der Waals surface area contributed by atoms with Gasteiger partial charge < -0.3 is 4.90 Å². The number of hydrogen-bond acceptors (Lipinski definition) is 2. The summed E-state index contributed by atoms with van der Waals surface area (Å²) in [5.41, 5.74) is 1.08. The Hall–Kier alpha value is -1.35. The van der Waals surface area contributed by atoms with E-state index in [1.165, 1.54) is 19.3 Å². The van der Waals surface area contributed by atoms with Gasteiger partial charge in [0.1, 0.15) is 6.04 Å². The number of nitrogens with one attached hydrogen (secondary N) is 1.